The highest BCUT2D eigenvalue weighted by Gasteiger charge is 2.59. The third kappa shape index (κ3) is 2.26. The average molecular weight is 383 g/mol. The van der Waals surface area contributed by atoms with Crippen molar-refractivity contribution in [1.29, 1.82) is 5.26 Å². The fraction of sp³-hybridized carbons (Fsp3) is 0.550. The van der Waals surface area contributed by atoms with Crippen molar-refractivity contribution in [2.75, 3.05) is 19.8 Å². The maximum Gasteiger partial charge on any atom is 0.325 e. The molecule has 4 aliphatic rings. The molecule has 28 heavy (non-hydrogen) atoms. The summed E-state index contributed by atoms with van der Waals surface area (Å²) in [6.45, 7) is 5.10. The minimum Gasteiger partial charge on any atom is -0.491 e. The minimum absolute atomic E-state index is 0.0896. The van der Waals surface area contributed by atoms with Gasteiger partial charge in [-0.3, -0.25) is 9.69 Å². The zero-order chi connectivity index (χ0) is 19.7. The van der Waals surface area contributed by atoms with Gasteiger partial charge in [-0.25, -0.2) is 4.79 Å². The average Bonchev–Trinajstić information content (AvgIpc) is 3.05. The SMILES string of the molecule is CC1(C)COc2c(C#N)ccc(OC3CC(N4C(=O)NC5(COC5)C4=O)C3)c21. The first-order chi connectivity index (χ1) is 13.3. The first-order valence-corrected chi connectivity index (χ1v) is 9.45. The first kappa shape index (κ1) is 17.3. The number of hydrogen-bond acceptors (Lipinski definition) is 6. The maximum atomic E-state index is 12.6. The van der Waals surface area contributed by atoms with E-state index in [2.05, 4.69) is 25.2 Å². The van der Waals surface area contributed by atoms with Crippen LogP contribution in [0.1, 0.15) is 37.8 Å². The number of rotatable bonds is 3. The summed E-state index contributed by atoms with van der Waals surface area (Å²) < 4.78 is 17.1. The van der Waals surface area contributed by atoms with E-state index in [1.165, 1.54) is 4.90 Å². The largest absolute Gasteiger partial charge is 0.491 e. The number of carbonyl (C=O) groups is 2. The molecule has 2 saturated heterocycles. The van der Waals surface area contributed by atoms with Gasteiger partial charge in [0.15, 0.2) is 5.54 Å². The molecule has 1 N–H and O–H groups in total. The van der Waals surface area contributed by atoms with Gasteiger partial charge in [0.2, 0.25) is 0 Å². The molecular weight excluding hydrogens is 362 g/mol. The quantitative estimate of drug-likeness (QED) is 0.793. The number of benzene rings is 1. The van der Waals surface area contributed by atoms with Gasteiger partial charge >= 0.3 is 6.03 Å². The topological polar surface area (TPSA) is 101 Å². The fourth-order valence-electron chi connectivity index (χ4n) is 4.37. The minimum atomic E-state index is -0.849. The van der Waals surface area contributed by atoms with Crippen LogP contribution in [0.5, 0.6) is 11.5 Å². The van der Waals surface area contributed by atoms with Crippen molar-refractivity contribution in [3.8, 4) is 17.6 Å². The van der Waals surface area contributed by atoms with Crippen molar-refractivity contribution in [3.63, 3.8) is 0 Å². The Morgan fingerprint density at radius 3 is 2.61 bits per heavy atom. The van der Waals surface area contributed by atoms with E-state index in [1.807, 2.05) is 6.07 Å². The van der Waals surface area contributed by atoms with Crippen LogP contribution in [0.25, 0.3) is 0 Å². The van der Waals surface area contributed by atoms with E-state index in [9.17, 15) is 14.9 Å². The summed E-state index contributed by atoms with van der Waals surface area (Å²) in [5, 5.41) is 12.1. The number of urea groups is 1. The van der Waals surface area contributed by atoms with Gasteiger partial charge in [0.25, 0.3) is 5.91 Å². The monoisotopic (exact) mass is 383 g/mol. The van der Waals surface area contributed by atoms with Gasteiger partial charge in [-0.2, -0.15) is 5.26 Å². The van der Waals surface area contributed by atoms with E-state index in [-0.39, 0.29) is 42.7 Å². The number of hydrogen-bond donors (Lipinski definition) is 1. The molecule has 3 aliphatic heterocycles. The Hall–Kier alpha value is -2.79. The van der Waals surface area contributed by atoms with Crippen molar-refractivity contribution in [3.05, 3.63) is 23.3 Å². The number of imide groups is 1. The molecule has 146 valence electrons. The number of carbonyl (C=O) groups excluding carboxylic acids is 2. The van der Waals surface area contributed by atoms with E-state index in [4.69, 9.17) is 14.2 Å². The molecule has 3 amide bonds. The van der Waals surface area contributed by atoms with Crippen molar-refractivity contribution < 1.29 is 23.8 Å². The normalized spacial score (nSPS) is 28.7. The van der Waals surface area contributed by atoms with Crippen LogP contribution in [0.4, 0.5) is 4.79 Å². The Morgan fingerprint density at radius 1 is 1.25 bits per heavy atom. The highest BCUT2D eigenvalue weighted by Crippen LogP contribution is 2.47. The third-order valence-corrected chi connectivity index (χ3v) is 6.11. The van der Waals surface area contributed by atoms with Crippen molar-refractivity contribution >= 4 is 11.9 Å². The molecule has 1 aromatic rings. The van der Waals surface area contributed by atoms with E-state index in [1.54, 1.807) is 6.07 Å². The lowest BCUT2D eigenvalue weighted by Crippen LogP contribution is -2.63. The van der Waals surface area contributed by atoms with Gasteiger partial charge in [0.1, 0.15) is 23.7 Å². The standard InChI is InChI=1S/C20H21N3O5/c1-19(2)8-27-16-11(7-21)3-4-14(15(16)19)28-13-5-12(6-13)23-17(24)20(9-26-10-20)22-18(23)25/h3-4,12-13H,5-6,8-10H2,1-2H3,(H,22,25). The van der Waals surface area contributed by atoms with E-state index in [0.29, 0.717) is 36.5 Å². The number of nitrogens with zero attached hydrogens (tertiary/aromatic N) is 2. The Morgan fingerprint density at radius 2 is 2.00 bits per heavy atom. The number of ether oxygens (including phenoxy) is 3. The molecule has 1 saturated carbocycles. The first-order valence-electron chi connectivity index (χ1n) is 9.45. The van der Waals surface area contributed by atoms with Gasteiger partial charge in [0.05, 0.1) is 25.4 Å². The molecule has 1 aromatic carbocycles. The summed E-state index contributed by atoms with van der Waals surface area (Å²) in [5.74, 6) is 1.11. The summed E-state index contributed by atoms with van der Waals surface area (Å²) >= 11 is 0. The van der Waals surface area contributed by atoms with E-state index in [0.717, 1.165) is 5.56 Å². The zero-order valence-corrected chi connectivity index (χ0v) is 15.8. The van der Waals surface area contributed by atoms with Crippen molar-refractivity contribution in [2.45, 2.75) is 49.8 Å². The molecule has 8 heteroatoms. The number of nitriles is 1. The summed E-state index contributed by atoms with van der Waals surface area (Å²) in [7, 11) is 0. The van der Waals surface area contributed by atoms with Crippen LogP contribution in [0.15, 0.2) is 12.1 Å². The Balaban J connectivity index is 1.30. The highest BCUT2D eigenvalue weighted by atomic mass is 16.5. The summed E-state index contributed by atoms with van der Waals surface area (Å²) in [6, 6.07) is 5.19. The summed E-state index contributed by atoms with van der Waals surface area (Å²) in [4.78, 5) is 26.2. The Bertz CT molecular complexity index is 925. The molecule has 0 bridgehead atoms. The molecule has 3 heterocycles. The molecule has 1 aliphatic carbocycles. The molecule has 0 aromatic heterocycles. The molecule has 0 radical (unpaired) electrons. The molecule has 0 atom stereocenters. The molecular formula is C20H21N3O5. The maximum absolute atomic E-state index is 12.6. The number of nitrogens with one attached hydrogen (secondary N) is 1. The van der Waals surface area contributed by atoms with Crippen LogP contribution in [0.3, 0.4) is 0 Å². The van der Waals surface area contributed by atoms with Crippen molar-refractivity contribution in [1.82, 2.24) is 10.2 Å². The van der Waals surface area contributed by atoms with Crippen LogP contribution in [0.2, 0.25) is 0 Å². The third-order valence-electron chi connectivity index (χ3n) is 6.11. The van der Waals surface area contributed by atoms with Gasteiger partial charge in [-0.15, -0.1) is 0 Å². The smallest absolute Gasteiger partial charge is 0.325 e. The lowest BCUT2D eigenvalue weighted by Gasteiger charge is -2.41. The summed E-state index contributed by atoms with van der Waals surface area (Å²) in [5.41, 5.74) is 0.322. The van der Waals surface area contributed by atoms with Gasteiger partial charge in [0, 0.05) is 29.9 Å². The predicted molar refractivity (Wildman–Crippen MR) is 96.0 cm³/mol. The second-order valence-electron chi connectivity index (χ2n) is 8.65. The summed E-state index contributed by atoms with van der Waals surface area (Å²) in [6.07, 6.45) is 1.09. The molecule has 1 spiro atoms. The fourth-order valence-corrected chi connectivity index (χ4v) is 4.37. The van der Waals surface area contributed by atoms with Gasteiger partial charge < -0.3 is 19.5 Å². The number of amides is 3. The Labute approximate surface area is 162 Å². The van der Waals surface area contributed by atoms with Gasteiger partial charge in [-0.05, 0) is 12.1 Å². The lowest BCUT2D eigenvalue weighted by atomic mass is 9.84. The van der Waals surface area contributed by atoms with Crippen LogP contribution in [0, 0.1) is 11.3 Å². The van der Waals surface area contributed by atoms with E-state index >= 15 is 0 Å². The van der Waals surface area contributed by atoms with E-state index < -0.39 is 5.54 Å². The van der Waals surface area contributed by atoms with Crippen LogP contribution in [-0.2, 0) is 14.9 Å². The van der Waals surface area contributed by atoms with Crippen LogP contribution < -0.4 is 14.8 Å². The zero-order valence-electron chi connectivity index (χ0n) is 15.8. The van der Waals surface area contributed by atoms with Crippen molar-refractivity contribution in [2.24, 2.45) is 0 Å². The second kappa shape index (κ2) is 5.61. The lowest BCUT2D eigenvalue weighted by molar-refractivity contribution is -0.151. The van der Waals surface area contributed by atoms with Crippen LogP contribution in [-0.4, -0.2) is 54.3 Å². The molecule has 0 unspecified atom stereocenters. The number of fused-ring (bicyclic) bond motifs is 1. The highest BCUT2D eigenvalue weighted by molar-refractivity contribution is 6.08. The molecule has 5 rings (SSSR count). The second-order valence-corrected chi connectivity index (χ2v) is 8.65. The van der Waals surface area contributed by atoms with Gasteiger partial charge in [-0.1, -0.05) is 13.8 Å². The molecule has 3 fully saturated rings. The Kier molecular flexibility index (Phi) is 3.47. The molecule has 8 nitrogen and oxygen atoms in total. The van der Waals surface area contributed by atoms with Crippen LogP contribution >= 0.6 is 0 Å². The predicted octanol–water partition coefficient (Wildman–Crippen LogP) is 1.46.